The summed E-state index contributed by atoms with van der Waals surface area (Å²) < 4.78 is 0. The van der Waals surface area contributed by atoms with E-state index in [9.17, 15) is 0 Å². The Morgan fingerprint density at radius 2 is 2.53 bits per heavy atom. The van der Waals surface area contributed by atoms with Gasteiger partial charge in [0.2, 0.25) is 0 Å². The molecule has 0 bridgehead atoms. The summed E-state index contributed by atoms with van der Waals surface area (Å²) >= 11 is 1.95. The molecule has 3 N–H and O–H groups in total. The van der Waals surface area contributed by atoms with Gasteiger partial charge in [0.05, 0.1) is 11.9 Å². The molecule has 1 aromatic rings. The molecule has 1 aromatic heterocycles. The second kappa shape index (κ2) is 5.27. The van der Waals surface area contributed by atoms with Gasteiger partial charge in [-0.1, -0.05) is 5.16 Å². The van der Waals surface area contributed by atoms with Crippen LogP contribution in [-0.2, 0) is 0 Å². The van der Waals surface area contributed by atoms with Crippen LogP contribution in [0.1, 0.15) is 12.0 Å². The topological polar surface area (TPSA) is 74.7 Å². The average Bonchev–Trinajstić information content (AvgIpc) is 2.91. The fourth-order valence-electron chi connectivity index (χ4n) is 1.96. The van der Waals surface area contributed by atoms with E-state index in [0.717, 1.165) is 23.4 Å². The fourth-order valence-corrected chi connectivity index (χ4v) is 3.23. The summed E-state index contributed by atoms with van der Waals surface area (Å²) in [5.74, 6) is 2.43. The number of nitrogens with zero attached hydrogens (tertiary/aromatic N) is 3. The van der Waals surface area contributed by atoms with Gasteiger partial charge in [-0.3, -0.25) is 4.98 Å². The Hall–Kier alpha value is -1.43. The monoisotopic (exact) mass is 252 g/mol. The average molecular weight is 252 g/mol. The zero-order chi connectivity index (χ0) is 12.3. The van der Waals surface area contributed by atoms with Crippen LogP contribution in [0.25, 0.3) is 0 Å². The smallest absolute Gasteiger partial charge is 0.172 e. The van der Waals surface area contributed by atoms with Crippen molar-refractivity contribution in [2.45, 2.75) is 12.5 Å². The Kier molecular flexibility index (Phi) is 3.73. The molecule has 17 heavy (non-hydrogen) atoms. The highest BCUT2D eigenvalue weighted by Crippen LogP contribution is 2.27. The van der Waals surface area contributed by atoms with Crippen LogP contribution in [0.4, 0.5) is 5.69 Å². The van der Waals surface area contributed by atoms with Crippen LogP contribution in [0.2, 0.25) is 0 Å². The number of hydrogen-bond acceptors (Lipinski definition) is 5. The third-order valence-corrected chi connectivity index (χ3v) is 4.16. The molecular formula is C11H16N4OS. The molecule has 5 nitrogen and oxygen atoms in total. The van der Waals surface area contributed by atoms with Gasteiger partial charge in [0.1, 0.15) is 0 Å². The second-order valence-electron chi connectivity index (χ2n) is 4.01. The maximum atomic E-state index is 8.78. The lowest BCUT2D eigenvalue weighted by Crippen LogP contribution is -2.33. The van der Waals surface area contributed by atoms with Crippen LogP contribution in [0.3, 0.4) is 0 Å². The Labute approximate surface area is 105 Å². The van der Waals surface area contributed by atoms with Gasteiger partial charge in [0, 0.05) is 30.6 Å². The Bertz CT molecular complexity index is 418. The van der Waals surface area contributed by atoms with Crippen molar-refractivity contribution in [1.82, 2.24) is 4.98 Å². The largest absolute Gasteiger partial charge is 0.409 e. The first kappa shape index (κ1) is 12.0. The minimum absolute atomic E-state index is 0.125. The predicted octanol–water partition coefficient (Wildman–Crippen LogP) is 1.12. The van der Waals surface area contributed by atoms with E-state index in [1.807, 2.05) is 18.8 Å². The Balaban J connectivity index is 2.30. The van der Waals surface area contributed by atoms with Gasteiger partial charge in [-0.15, -0.1) is 0 Å². The fraction of sp³-hybridized carbons (Fsp3) is 0.455. The van der Waals surface area contributed by atoms with E-state index in [1.54, 1.807) is 18.5 Å². The first-order valence-corrected chi connectivity index (χ1v) is 6.62. The molecule has 1 aliphatic rings. The summed E-state index contributed by atoms with van der Waals surface area (Å²) in [7, 11) is 2.03. The normalized spacial score (nSPS) is 20.5. The van der Waals surface area contributed by atoms with E-state index >= 15 is 0 Å². The molecule has 1 fully saturated rings. The summed E-state index contributed by atoms with van der Waals surface area (Å²) in [4.78, 5) is 6.28. The molecule has 2 heterocycles. The Morgan fingerprint density at radius 1 is 1.71 bits per heavy atom. The van der Waals surface area contributed by atoms with Crippen molar-refractivity contribution in [3.05, 3.63) is 24.0 Å². The standard InChI is InChI=1S/C11H16N4OS/c1-15(8-3-5-17-7-8)10-6-13-4-2-9(10)11(12)14-16/h2,4,6,8,16H,3,5,7H2,1H3,(H2,12,14). The lowest BCUT2D eigenvalue weighted by molar-refractivity contribution is 0.318. The molecule has 1 unspecified atom stereocenters. The van der Waals surface area contributed by atoms with Crippen molar-refractivity contribution >= 4 is 23.3 Å². The highest BCUT2D eigenvalue weighted by atomic mass is 32.2. The van der Waals surface area contributed by atoms with Crippen LogP contribution >= 0.6 is 11.8 Å². The number of hydrogen-bond donors (Lipinski definition) is 2. The molecule has 1 saturated heterocycles. The summed E-state index contributed by atoms with van der Waals surface area (Å²) in [6.07, 6.45) is 4.57. The minimum atomic E-state index is 0.125. The molecule has 0 aliphatic carbocycles. The quantitative estimate of drug-likeness (QED) is 0.365. The van der Waals surface area contributed by atoms with Crippen LogP contribution in [0, 0.1) is 0 Å². The highest BCUT2D eigenvalue weighted by molar-refractivity contribution is 7.99. The van der Waals surface area contributed by atoms with Crippen LogP contribution in [0.15, 0.2) is 23.6 Å². The van der Waals surface area contributed by atoms with Gasteiger partial charge >= 0.3 is 0 Å². The lowest BCUT2D eigenvalue weighted by atomic mass is 10.1. The third-order valence-electron chi connectivity index (χ3n) is 3.02. The third kappa shape index (κ3) is 2.46. The lowest BCUT2D eigenvalue weighted by Gasteiger charge is -2.27. The number of pyridine rings is 1. The summed E-state index contributed by atoms with van der Waals surface area (Å²) in [5, 5.41) is 11.8. The summed E-state index contributed by atoms with van der Waals surface area (Å²) in [5.41, 5.74) is 7.31. The predicted molar refractivity (Wildman–Crippen MR) is 70.9 cm³/mol. The van der Waals surface area contributed by atoms with Crippen LogP contribution in [-0.4, -0.2) is 40.6 Å². The molecule has 0 amide bonds. The van der Waals surface area contributed by atoms with Crippen molar-refractivity contribution in [3.63, 3.8) is 0 Å². The van der Waals surface area contributed by atoms with E-state index in [1.165, 1.54) is 5.75 Å². The number of amidine groups is 1. The first-order chi connectivity index (χ1) is 8.24. The van der Waals surface area contributed by atoms with Gasteiger partial charge in [-0.2, -0.15) is 11.8 Å². The number of anilines is 1. The number of thioether (sulfide) groups is 1. The molecule has 92 valence electrons. The van der Waals surface area contributed by atoms with Gasteiger partial charge in [-0.25, -0.2) is 0 Å². The van der Waals surface area contributed by atoms with E-state index in [4.69, 9.17) is 10.9 Å². The number of rotatable bonds is 3. The molecule has 0 aromatic carbocycles. The van der Waals surface area contributed by atoms with Crippen molar-refractivity contribution < 1.29 is 5.21 Å². The maximum absolute atomic E-state index is 8.78. The van der Waals surface area contributed by atoms with Crippen LogP contribution in [0.5, 0.6) is 0 Å². The SMILES string of the molecule is CN(c1cnccc1/C(N)=N/O)C1CCSC1. The second-order valence-corrected chi connectivity index (χ2v) is 5.16. The number of nitrogens with two attached hydrogens (primary N) is 1. The molecule has 1 atom stereocenters. The van der Waals surface area contributed by atoms with Crippen molar-refractivity contribution in [2.24, 2.45) is 10.9 Å². The first-order valence-electron chi connectivity index (χ1n) is 5.46. The molecule has 0 radical (unpaired) electrons. The van der Waals surface area contributed by atoms with Crippen molar-refractivity contribution in [3.8, 4) is 0 Å². The molecule has 2 rings (SSSR count). The Morgan fingerprint density at radius 3 is 3.18 bits per heavy atom. The van der Waals surface area contributed by atoms with E-state index < -0.39 is 0 Å². The van der Waals surface area contributed by atoms with E-state index in [2.05, 4.69) is 15.0 Å². The molecule has 0 saturated carbocycles. The van der Waals surface area contributed by atoms with Gasteiger partial charge in [0.15, 0.2) is 5.84 Å². The molecule has 1 aliphatic heterocycles. The minimum Gasteiger partial charge on any atom is -0.409 e. The van der Waals surface area contributed by atoms with Crippen molar-refractivity contribution in [1.29, 1.82) is 0 Å². The molecule has 0 spiro atoms. The van der Waals surface area contributed by atoms with E-state index in [0.29, 0.717) is 6.04 Å². The zero-order valence-corrected chi connectivity index (χ0v) is 10.5. The van der Waals surface area contributed by atoms with Gasteiger partial charge in [0.25, 0.3) is 0 Å². The van der Waals surface area contributed by atoms with E-state index in [-0.39, 0.29) is 5.84 Å². The zero-order valence-electron chi connectivity index (χ0n) is 9.71. The van der Waals surface area contributed by atoms with Crippen LogP contribution < -0.4 is 10.6 Å². The summed E-state index contributed by atoms with van der Waals surface area (Å²) in [6, 6.07) is 2.26. The molecule has 6 heteroatoms. The summed E-state index contributed by atoms with van der Waals surface area (Å²) in [6.45, 7) is 0. The molecular weight excluding hydrogens is 236 g/mol. The number of oxime groups is 1. The number of aromatic nitrogens is 1. The highest BCUT2D eigenvalue weighted by Gasteiger charge is 2.22. The maximum Gasteiger partial charge on any atom is 0.172 e. The van der Waals surface area contributed by atoms with Gasteiger partial charge in [-0.05, 0) is 18.2 Å². The van der Waals surface area contributed by atoms with Gasteiger partial charge < -0.3 is 15.8 Å². The van der Waals surface area contributed by atoms with Crippen molar-refractivity contribution in [2.75, 3.05) is 23.5 Å².